The van der Waals surface area contributed by atoms with E-state index in [2.05, 4.69) is 10.4 Å². The van der Waals surface area contributed by atoms with Gasteiger partial charge in [0.05, 0.1) is 11.9 Å². The molecule has 3 N–H and O–H groups in total. The van der Waals surface area contributed by atoms with Gasteiger partial charge in [0.15, 0.2) is 6.10 Å². The second-order valence-electron chi connectivity index (χ2n) is 6.49. The van der Waals surface area contributed by atoms with Gasteiger partial charge in [-0.25, -0.2) is 13.9 Å². The van der Waals surface area contributed by atoms with Gasteiger partial charge in [0.1, 0.15) is 17.1 Å². The lowest BCUT2D eigenvalue weighted by Crippen LogP contribution is -2.30. The summed E-state index contributed by atoms with van der Waals surface area (Å²) < 4.78 is 20.5. The first-order valence-electron chi connectivity index (χ1n) is 8.99. The number of aromatic nitrogens is 2. The van der Waals surface area contributed by atoms with Gasteiger partial charge in [0.2, 0.25) is 5.91 Å². The first-order valence-corrected chi connectivity index (χ1v) is 8.99. The number of nitrogens with one attached hydrogen (secondary N) is 1. The fraction of sp³-hybridized carbons (Fsp3) is 0.143. The zero-order valence-electron chi connectivity index (χ0n) is 16.3. The summed E-state index contributed by atoms with van der Waals surface area (Å²) in [5.41, 5.74) is 6.57. The van der Waals surface area contributed by atoms with Gasteiger partial charge >= 0.3 is 5.97 Å². The van der Waals surface area contributed by atoms with Crippen molar-refractivity contribution < 1.29 is 23.5 Å². The third-order valence-electron chi connectivity index (χ3n) is 4.40. The zero-order valence-corrected chi connectivity index (χ0v) is 16.3. The normalized spacial score (nSPS) is 11.6. The number of benzene rings is 2. The number of para-hydroxylation sites is 1. The number of nitrogens with two attached hydrogens (primary N) is 1. The van der Waals surface area contributed by atoms with Crippen molar-refractivity contribution in [3.63, 3.8) is 0 Å². The summed E-state index contributed by atoms with van der Waals surface area (Å²) in [5, 5.41) is 6.63. The molecule has 2 aromatic carbocycles. The quantitative estimate of drug-likeness (QED) is 0.606. The van der Waals surface area contributed by atoms with Crippen LogP contribution < -0.4 is 11.1 Å². The number of hydrogen-bond donors (Lipinski definition) is 2. The molecule has 30 heavy (non-hydrogen) atoms. The Morgan fingerprint density at radius 1 is 1.13 bits per heavy atom. The van der Waals surface area contributed by atoms with Crippen LogP contribution in [0.4, 0.5) is 10.1 Å². The van der Waals surface area contributed by atoms with E-state index in [1.807, 2.05) is 0 Å². The molecule has 0 fully saturated rings. The highest BCUT2D eigenvalue weighted by atomic mass is 19.1. The third-order valence-corrected chi connectivity index (χ3v) is 4.40. The molecule has 0 aliphatic rings. The predicted octanol–water partition coefficient (Wildman–Crippen LogP) is 2.60. The minimum absolute atomic E-state index is 0.115. The van der Waals surface area contributed by atoms with E-state index >= 15 is 0 Å². The summed E-state index contributed by atoms with van der Waals surface area (Å²) in [6, 6.07) is 12.0. The number of amides is 2. The standard InChI is InChI=1S/C21H19FN4O4/c1-12-16(11-24-26(12)18-6-4-3-5-17(18)22)21(29)30-13(2)20(28)25-15-9-7-14(8-10-15)19(23)27/h3-11,13H,1-2H3,(H2,23,27)(H,25,28)/t13-/m0/s1. The monoisotopic (exact) mass is 410 g/mol. The van der Waals surface area contributed by atoms with Crippen LogP contribution in [0.3, 0.4) is 0 Å². The molecule has 2 amide bonds. The van der Waals surface area contributed by atoms with Gasteiger partial charge in [-0.1, -0.05) is 12.1 Å². The van der Waals surface area contributed by atoms with Gasteiger partial charge in [-0.05, 0) is 50.2 Å². The maximum Gasteiger partial charge on any atom is 0.342 e. The fourth-order valence-corrected chi connectivity index (χ4v) is 2.72. The molecule has 1 atom stereocenters. The van der Waals surface area contributed by atoms with Crippen LogP contribution in [0.25, 0.3) is 5.69 Å². The summed E-state index contributed by atoms with van der Waals surface area (Å²) in [6.45, 7) is 3.02. The maximum atomic E-state index is 14.0. The van der Waals surface area contributed by atoms with E-state index in [0.717, 1.165) is 0 Å². The second kappa shape index (κ2) is 8.56. The van der Waals surface area contributed by atoms with Crippen molar-refractivity contribution in [3.8, 4) is 5.69 Å². The van der Waals surface area contributed by atoms with Gasteiger partial charge in [0, 0.05) is 11.3 Å². The molecule has 0 aliphatic carbocycles. The number of halogens is 1. The third kappa shape index (κ3) is 4.35. The van der Waals surface area contributed by atoms with Gasteiger partial charge in [-0.15, -0.1) is 0 Å². The molecule has 1 aromatic heterocycles. The fourth-order valence-electron chi connectivity index (χ4n) is 2.72. The van der Waals surface area contributed by atoms with Crippen molar-refractivity contribution in [1.82, 2.24) is 9.78 Å². The number of carbonyl (C=O) groups excluding carboxylic acids is 3. The molecule has 8 nitrogen and oxygen atoms in total. The molecule has 3 rings (SSSR count). The van der Waals surface area contributed by atoms with Gasteiger partial charge < -0.3 is 15.8 Å². The summed E-state index contributed by atoms with van der Waals surface area (Å²) in [7, 11) is 0. The van der Waals surface area contributed by atoms with Crippen LogP contribution in [-0.2, 0) is 9.53 Å². The van der Waals surface area contributed by atoms with Crippen LogP contribution in [0.5, 0.6) is 0 Å². The van der Waals surface area contributed by atoms with E-state index < -0.39 is 29.7 Å². The van der Waals surface area contributed by atoms with E-state index in [0.29, 0.717) is 16.9 Å². The number of carbonyl (C=O) groups is 3. The van der Waals surface area contributed by atoms with E-state index in [1.54, 1.807) is 19.1 Å². The van der Waals surface area contributed by atoms with E-state index in [9.17, 15) is 18.8 Å². The molecule has 0 saturated carbocycles. The number of anilines is 1. The molecule has 1 heterocycles. The SMILES string of the molecule is Cc1c(C(=O)O[C@@H](C)C(=O)Nc2ccc(C(N)=O)cc2)cnn1-c1ccccc1F. The predicted molar refractivity (Wildman–Crippen MR) is 107 cm³/mol. The van der Waals surface area contributed by atoms with Gasteiger partial charge in [0.25, 0.3) is 5.91 Å². The van der Waals surface area contributed by atoms with E-state index in [1.165, 1.54) is 54.2 Å². The van der Waals surface area contributed by atoms with Crippen LogP contribution in [-0.4, -0.2) is 33.7 Å². The highest BCUT2D eigenvalue weighted by Gasteiger charge is 2.23. The number of nitrogens with zero attached hydrogens (tertiary/aromatic N) is 2. The second-order valence-corrected chi connectivity index (χ2v) is 6.49. The van der Waals surface area contributed by atoms with Crippen molar-refractivity contribution in [2.24, 2.45) is 5.73 Å². The van der Waals surface area contributed by atoms with Crippen molar-refractivity contribution in [1.29, 1.82) is 0 Å². The molecule has 154 valence electrons. The molecule has 0 saturated heterocycles. The van der Waals surface area contributed by atoms with Crippen molar-refractivity contribution >= 4 is 23.5 Å². The van der Waals surface area contributed by atoms with Crippen molar-refractivity contribution in [3.05, 3.63) is 77.4 Å². The van der Waals surface area contributed by atoms with Crippen molar-refractivity contribution in [2.75, 3.05) is 5.32 Å². The average molecular weight is 410 g/mol. The largest absolute Gasteiger partial charge is 0.449 e. The molecule has 0 radical (unpaired) electrons. The lowest BCUT2D eigenvalue weighted by atomic mass is 10.2. The molecule has 3 aromatic rings. The van der Waals surface area contributed by atoms with Crippen LogP contribution in [0.2, 0.25) is 0 Å². The number of ether oxygens (including phenoxy) is 1. The molecule has 9 heteroatoms. The highest BCUT2D eigenvalue weighted by molar-refractivity contribution is 5.98. The number of primary amides is 1. The molecule has 0 aliphatic heterocycles. The first kappa shape index (κ1) is 20.7. The minimum atomic E-state index is -1.11. The maximum absolute atomic E-state index is 14.0. The summed E-state index contributed by atoms with van der Waals surface area (Å²) in [5.74, 6) is -2.39. The molecule has 0 unspecified atom stereocenters. The van der Waals surface area contributed by atoms with Crippen LogP contribution in [0, 0.1) is 12.7 Å². The van der Waals surface area contributed by atoms with Crippen LogP contribution in [0.15, 0.2) is 54.7 Å². The van der Waals surface area contributed by atoms with Crippen molar-refractivity contribution in [2.45, 2.75) is 20.0 Å². The summed E-state index contributed by atoms with van der Waals surface area (Å²) in [4.78, 5) is 35.9. The topological polar surface area (TPSA) is 116 Å². The Hall–Kier alpha value is -4.01. The van der Waals surface area contributed by atoms with Crippen LogP contribution in [0.1, 0.15) is 33.3 Å². The number of esters is 1. The molecule has 0 spiro atoms. The highest BCUT2D eigenvalue weighted by Crippen LogP contribution is 2.18. The minimum Gasteiger partial charge on any atom is -0.449 e. The molecular weight excluding hydrogens is 391 g/mol. The summed E-state index contributed by atoms with van der Waals surface area (Å²) >= 11 is 0. The first-order chi connectivity index (χ1) is 14.3. The number of rotatable bonds is 6. The Morgan fingerprint density at radius 2 is 1.80 bits per heavy atom. The number of hydrogen-bond acceptors (Lipinski definition) is 5. The molecular formula is C21H19FN4O4. The Labute approximate surface area is 171 Å². The van der Waals surface area contributed by atoms with Crippen LogP contribution >= 0.6 is 0 Å². The zero-order chi connectivity index (χ0) is 21.8. The Morgan fingerprint density at radius 3 is 2.43 bits per heavy atom. The molecule has 0 bridgehead atoms. The lowest BCUT2D eigenvalue weighted by molar-refractivity contribution is -0.123. The lowest BCUT2D eigenvalue weighted by Gasteiger charge is -2.13. The summed E-state index contributed by atoms with van der Waals surface area (Å²) in [6.07, 6.45) is 0.154. The van der Waals surface area contributed by atoms with E-state index in [4.69, 9.17) is 10.5 Å². The van der Waals surface area contributed by atoms with Gasteiger partial charge in [-0.3, -0.25) is 9.59 Å². The average Bonchev–Trinajstić information content (AvgIpc) is 3.10. The Balaban J connectivity index is 1.67. The Kier molecular flexibility index (Phi) is 5.91. The van der Waals surface area contributed by atoms with E-state index in [-0.39, 0.29) is 11.3 Å². The Bertz CT molecular complexity index is 1110. The van der Waals surface area contributed by atoms with Gasteiger partial charge in [-0.2, -0.15) is 5.10 Å². The smallest absolute Gasteiger partial charge is 0.342 e.